The van der Waals surface area contributed by atoms with Gasteiger partial charge < -0.3 is 5.32 Å². The molecule has 0 saturated heterocycles. The molecule has 1 aromatic carbocycles. The first-order chi connectivity index (χ1) is 12.6. The number of thiophene rings is 1. The Bertz CT molecular complexity index is 941. The van der Waals surface area contributed by atoms with Crippen molar-refractivity contribution in [2.45, 2.75) is 15.9 Å². The summed E-state index contributed by atoms with van der Waals surface area (Å²) in [5, 5.41) is 3.60. The Labute approximate surface area is 156 Å². The standard InChI is InChI=1S/C19H18N2O3S2/c22-18(12-15-6-2-1-3-7-15)21-14-17(16-8-4-10-20-13-16)26(23,24)19-9-5-11-25-19/h1-11,13,17H,12,14H2,(H,21,22). The molecule has 0 saturated carbocycles. The summed E-state index contributed by atoms with van der Waals surface area (Å²) in [5.41, 5.74) is 1.44. The van der Waals surface area contributed by atoms with Gasteiger partial charge in [0.25, 0.3) is 0 Å². The molecule has 5 nitrogen and oxygen atoms in total. The van der Waals surface area contributed by atoms with E-state index in [1.54, 1.807) is 35.8 Å². The van der Waals surface area contributed by atoms with E-state index in [0.29, 0.717) is 5.56 Å². The number of sulfone groups is 1. The van der Waals surface area contributed by atoms with Gasteiger partial charge in [-0.3, -0.25) is 9.78 Å². The van der Waals surface area contributed by atoms with Crippen molar-refractivity contribution in [2.24, 2.45) is 0 Å². The number of carbonyl (C=O) groups is 1. The Morgan fingerprint density at radius 1 is 1.08 bits per heavy atom. The smallest absolute Gasteiger partial charge is 0.224 e. The van der Waals surface area contributed by atoms with Crippen molar-refractivity contribution in [3.05, 3.63) is 83.5 Å². The predicted molar refractivity (Wildman–Crippen MR) is 102 cm³/mol. The number of pyridine rings is 1. The summed E-state index contributed by atoms with van der Waals surface area (Å²) in [6.07, 6.45) is 3.32. The zero-order valence-electron chi connectivity index (χ0n) is 13.9. The van der Waals surface area contributed by atoms with E-state index in [1.165, 1.54) is 17.5 Å². The lowest BCUT2D eigenvalue weighted by Gasteiger charge is -2.18. The number of rotatable bonds is 7. The first-order valence-corrected chi connectivity index (χ1v) is 10.5. The SMILES string of the molecule is O=C(Cc1ccccc1)NCC(c1cccnc1)S(=O)(=O)c1cccs1. The molecule has 2 heterocycles. The van der Waals surface area contributed by atoms with Crippen LogP contribution in [0.15, 0.2) is 76.6 Å². The normalized spacial score (nSPS) is 12.5. The number of benzene rings is 1. The number of nitrogens with zero attached hydrogens (tertiary/aromatic N) is 1. The van der Waals surface area contributed by atoms with E-state index in [0.717, 1.165) is 5.56 Å². The molecule has 0 radical (unpaired) electrons. The third-order valence-electron chi connectivity index (χ3n) is 3.90. The molecular formula is C19H18N2O3S2. The molecule has 0 spiro atoms. The van der Waals surface area contributed by atoms with Crippen LogP contribution in [0.2, 0.25) is 0 Å². The van der Waals surface area contributed by atoms with E-state index in [1.807, 2.05) is 30.3 Å². The fraction of sp³-hybridized carbons (Fsp3) is 0.158. The van der Waals surface area contributed by atoms with Crippen molar-refractivity contribution >= 4 is 27.1 Å². The van der Waals surface area contributed by atoms with Gasteiger partial charge in [0.05, 0.1) is 6.42 Å². The molecular weight excluding hydrogens is 368 g/mol. The second-order valence-electron chi connectivity index (χ2n) is 5.72. The van der Waals surface area contributed by atoms with Gasteiger partial charge in [0.15, 0.2) is 9.84 Å². The number of nitrogens with one attached hydrogen (secondary N) is 1. The maximum Gasteiger partial charge on any atom is 0.224 e. The van der Waals surface area contributed by atoms with Crippen LogP contribution in [0.4, 0.5) is 0 Å². The van der Waals surface area contributed by atoms with Crippen LogP contribution < -0.4 is 5.32 Å². The van der Waals surface area contributed by atoms with Crippen LogP contribution in [0.5, 0.6) is 0 Å². The van der Waals surface area contributed by atoms with Gasteiger partial charge in [-0.05, 0) is 28.6 Å². The molecule has 0 aliphatic rings. The predicted octanol–water partition coefficient (Wildman–Crippen LogP) is 3.02. The van der Waals surface area contributed by atoms with E-state index in [-0.39, 0.29) is 23.1 Å². The monoisotopic (exact) mass is 386 g/mol. The topological polar surface area (TPSA) is 76.1 Å². The van der Waals surface area contributed by atoms with Gasteiger partial charge in [-0.2, -0.15) is 0 Å². The summed E-state index contributed by atoms with van der Waals surface area (Å²) in [6.45, 7) is -0.00239. The zero-order chi connectivity index (χ0) is 18.4. The minimum Gasteiger partial charge on any atom is -0.354 e. The van der Waals surface area contributed by atoms with Gasteiger partial charge in [-0.15, -0.1) is 11.3 Å². The number of carbonyl (C=O) groups excluding carboxylic acids is 1. The minimum absolute atomic E-state index is 0.00239. The summed E-state index contributed by atoms with van der Waals surface area (Å²) in [4.78, 5) is 16.3. The third kappa shape index (κ3) is 4.36. The van der Waals surface area contributed by atoms with E-state index >= 15 is 0 Å². The van der Waals surface area contributed by atoms with Gasteiger partial charge in [0.2, 0.25) is 5.91 Å². The second-order valence-corrected chi connectivity index (χ2v) is 9.02. The highest BCUT2D eigenvalue weighted by molar-refractivity contribution is 7.93. The van der Waals surface area contributed by atoms with Gasteiger partial charge in [-0.1, -0.05) is 42.5 Å². The Morgan fingerprint density at radius 2 is 1.88 bits per heavy atom. The van der Waals surface area contributed by atoms with E-state index in [4.69, 9.17) is 0 Å². The number of aromatic nitrogens is 1. The molecule has 7 heteroatoms. The molecule has 2 aromatic heterocycles. The van der Waals surface area contributed by atoms with Gasteiger partial charge in [0.1, 0.15) is 9.46 Å². The average Bonchev–Trinajstić information content (AvgIpc) is 3.19. The molecule has 0 fully saturated rings. The lowest BCUT2D eigenvalue weighted by molar-refractivity contribution is -0.120. The largest absolute Gasteiger partial charge is 0.354 e. The molecule has 1 atom stereocenters. The van der Waals surface area contributed by atoms with Crippen LogP contribution in [0.3, 0.4) is 0 Å². The molecule has 3 aromatic rings. The number of amides is 1. The van der Waals surface area contributed by atoms with Crippen molar-refractivity contribution in [1.29, 1.82) is 0 Å². The van der Waals surface area contributed by atoms with E-state index in [2.05, 4.69) is 10.3 Å². The quantitative estimate of drug-likeness (QED) is 0.677. The summed E-state index contributed by atoms with van der Waals surface area (Å²) in [7, 11) is -3.62. The first-order valence-electron chi connectivity index (χ1n) is 8.05. The molecule has 1 unspecified atom stereocenters. The molecule has 0 aliphatic carbocycles. The molecule has 1 N–H and O–H groups in total. The maximum absolute atomic E-state index is 13.0. The van der Waals surface area contributed by atoms with Gasteiger partial charge in [0, 0.05) is 18.9 Å². The molecule has 3 rings (SSSR count). The van der Waals surface area contributed by atoms with Crippen molar-refractivity contribution in [1.82, 2.24) is 10.3 Å². The Balaban J connectivity index is 1.78. The van der Waals surface area contributed by atoms with E-state index < -0.39 is 15.1 Å². The molecule has 0 bridgehead atoms. The lowest BCUT2D eigenvalue weighted by atomic mass is 10.1. The molecule has 26 heavy (non-hydrogen) atoms. The van der Waals surface area contributed by atoms with Crippen molar-refractivity contribution in [2.75, 3.05) is 6.54 Å². The fourth-order valence-corrected chi connectivity index (χ4v) is 5.44. The summed E-state index contributed by atoms with van der Waals surface area (Å²) in [5.74, 6) is -0.216. The van der Waals surface area contributed by atoms with Crippen molar-refractivity contribution < 1.29 is 13.2 Å². The first kappa shape index (κ1) is 18.3. The highest BCUT2D eigenvalue weighted by Gasteiger charge is 2.30. The summed E-state index contributed by atoms with van der Waals surface area (Å²) in [6, 6.07) is 16.0. The number of hydrogen-bond acceptors (Lipinski definition) is 5. The molecule has 0 aliphatic heterocycles. The highest BCUT2D eigenvalue weighted by Crippen LogP contribution is 2.30. The Morgan fingerprint density at radius 3 is 2.54 bits per heavy atom. The van der Waals surface area contributed by atoms with Crippen molar-refractivity contribution in [3.63, 3.8) is 0 Å². The minimum atomic E-state index is -3.62. The maximum atomic E-state index is 13.0. The summed E-state index contributed by atoms with van der Waals surface area (Å²) < 4.78 is 26.3. The molecule has 1 amide bonds. The third-order valence-corrected chi connectivity index (χ3v) is 7.43. The second kappa shape index (κ2) is 8.25. The highest BCUT2D eigenvalue weighted by atomic mass is 32.2. The molecule has 134 valence electrons. The van der Waals surface area contributed by atoms with Crippen molar-refractivity contribution in [3.8, 4) is 0 Å². The fourth-order valence-electron chi connectivity index (χ4n) is 2.59. The number of hydrogen-bond donors (Lipinski definition) is 1. The van der Waals surface area contributed by atoms with Crippen LogP contribution in [0.1, 0.15) is 16.4 Å². The zero-order valence-corrected chi connectivity index (χ0v) is 15.5. The Kier molecular flexibility index (Phi) is 5.80. The van der Waals surface area contributed by atoms with Crippen LogP contribution in [-0.2, 0) is 21.1 Å². The Hall–Kier alpha value is -2.51. The van der Waals surface area contributed by atoms with Crippen LogP contribution in [-0.4, -0.2) is 25.9 Å². The lowest BCUT2D eigenvalue weighted by Crippen LogP contribution is -2.32. The van der Waals surface area contributed by atoms with Crippen LogP contribution in [0, 0.1) is 0 Å². The average molecular weight is 386 g/mol. The van der Waals surface area contributed by atoms with Crippen LogP contribution >= 0.6 is 11.3 Å². The van der Waals surface area contributed by atoms with Gasteiger partial charge >= 0.3 is 0 Å². The summed E-state index contributed by atoms with van der Waals surface area (Å²) >= 11 is 1.17. The van der Waals surface area contributed by atoms with E-state index in [9.17, 15) is 13.2 Å². The van der Waals surface area contributed by atoms with Crippen LogP contribution in [0.25, 0.3) is 0 Å². The van der Waals surface area contributed by atoms with Gasteiger partial charge in [-0.25, -0.2) is 8.42 Å².